The molecule has 0 saturated heterocycles. The lowest BCUT2D eigenvalue weighted by Gasteiger charge is -2.12. The molecule has 0 atom stereocenters. The zero-order valence-corrected chi connectivity index (χ0v) is 12.6. The third kappa shape index (κ3) is 2.71. The Morgan fingerprint density at radius 3 is 2.86 bits per heavy atom. The van der Waals surface area contributed by atoms with Gasteiger partial charge in [0.15, 0.2) is 0 Å². The molecule has 0 radical (unpaired) electrons. The summed E-state index contributed by atoms with van der Waals surface area (Å²) in [5.41, 5.74) is 2.07. The van der Waals surface area contributed by atoms with Crippen LogP contribution >= 0.6 is 11.6 Å². The number of halogens is 1. The Bertz CT molecular complexity index is 911. The predicted molar refractivity (Wildman–Crippen MR) is 90.3 cm³/mol. The third-order valence-electron chi connectivity index (χ3n) is 3.31. The Kier molecular flexibility index (Phi) is 3.87. The second-order valence-electron chi connectivity index (χ2n) is 4.97. The summed E-state index contributed by atoms with van der Waals surface area (Å²) in [6, 6.07) is 10.7. The largest absolute Gasteiger partial charge is 0.391 e. The van der Waals surface area contributed by atoms with Crippen LogP contribution in [0.4, 0.5) is 11.5 Å². The van der Waals surface area contributed by atoms with Gasteiger partial charge in [-0.15, -0.1) is 0 Å². The molecule has 0 aliphatic carbocycles. The van der Waals surface area contributed by atoms with Crippen LogP contribution in [0.25, 0.3) is 5.65 Å². The number of aromatic nitrogens is 2. The van der Waals surface area contributed by atoms with Crippen molar-refractivity contribution in [2.45, 2.75) is 6.61 Å². The lowest BCUT2D eigenvalue weighted by Crippen LogP contribution is -2.24. The summed E-state index contributed by atoms with van der Waals surface area (Å²) in [5.74, 6) is 0.332. The van der Waals surface area contributed by atoms with Gasteiger partial charge in [0.25, 0.3) is 5.56 Å². The Hall–Kier alpha value is -2.31. The Morgan fingerprint density at radius 1 is 1.32 bits per heavy atom. The highest BCUT2D eigenvalue weighted by Crippen LogP contribution is 2.20. The maximum Gasteiger partial charge on any atom is 0.265 e. The smallest absolute Gasteiger partial charge is 0.265 e. The minimum atomic E-state index is -0.397. The van der Waals surface area contributed by atoms with E-state index >= 15 is 0 Å². The molecule has 0 aliphatic heterocycles. The van der Waals surface area contributed by atoms with Crippen molar-refractivity contribution < 1.29 is 5.11 Å². The minimum absolute atomic E-state index is 0.211. The SMILES string of the molecule is Bc1ccc2nc(Nc3cccc(Cl)c3)c(CO)c(=O)n2c1. The van der Waals surface area contributed by atoms with Gasteiger partial charge < -0.3 is 10.4 Å². The molecule has 0 bridgehead atoms. The second-order valence-corrected chi connectivity index (χ2v) is 5.41. The molecule has 22 heavy (non-hydrogen) atoms. The van der Waals surface area contributed by atoms with E-state index in [-0.39, 0.29) is 11.1 Å². The summed E-state index contributed by atoms with van der Waals surface area (Å²) in [6.07, 6.45) is 1.70. The quantitative estimate of drug-likeness (QED) is 0.703. The number of aliphatic hydroxyl groups excluding tert-OH is 1. The maximum absolute atomic E-state index is 12.5. The molecule has 3 rings (SSSR count). The minimum Gasteiger partial charge on any atom is -0.391 e. The molecule has 0 amide bonds. The number of fused-ring (bicyclic) bond motifs is 1. The van der Waals surface area contributed by atoms with Crippen LogP contribution in [-0.2, 0) is 6.61 Å². The molecule has 1 aromatic carbocycles. The van der Waals surface area contributed by atoms with E-state index in [2.05, 4.69) is 10.3 Å². The number of benzene rings is 1. The van der Waals surface area contributed by atoms with Gasteiger partial charge in [0, 0.05) is 16.9 Å². The molecule has 7 heteroatoms. The first kappa shape index (κ1) is 14.6. The van der Waals surface area contributed by atoms with E-state index in [9.17, 15) is 9.90 Å². The number of pyridine rings is 1. The number of hydrogen-bond donors (Lipinski definition) is 2. The highest BCUT2D eigenvalue weighted by atomic mass is 35.5. The summed E-state index contributed by atoms with van der Waals surface area (Å²) < 4.78 is 1.43. The van der Waals surface area contributed by atoms with Crippen molar-refractivity contribution in [3.63, 3.8) is 0 Å². The van der Waals surface area contributed by atoms with E-state index in [0.29, 0.717) is 22.2 Å². The number of rotatable bonds is 3. The van der Waals surface area contributed by atoms with Crippen molar-refractivity contribution in [2.24, 2.45) is 0 Å². The number of hydrogen-bond acceptors (Lipinski definition) is 4. The van der Waals surface area contributed by atoms with Crippen LogP contribution in [-0.4, -0.2) is 22.3 Å². The van der Waals surface area contributed by atoms with Crippen molar-refractivity contribution in [2.75, 3.05) is 5.32 Å². The predicted octanol–water partition coefficient (Wildman–Crippen LogP) is 0.842. The van der Waals surface area contributed by atoms with Gasteiger partial charge >= 0.3 is 0 Å². The van der Waals surface area contributed by atoms with E-state index in [1.807, 2.05) is 20.0 Å². The Labute approximate surface area is 132 Å². The zero-order chi connectivity index (χ0) is 15.7. The van der Waals surface area contributed by atoms with Crippen molar-refractivity contribution in [3.8, 4) is 0 Å². The molecule has 2 N–H and O–H groups in total. The normalized spacial score (nSPS) is 10.8. The first-order valence-electron chi connectivity index (χ1n) is 6.74. The van der Waals surface area contributed by atoms with Gasteiger partial charge in [-0.2, -0.15) is 0 Å². The molecule has 0 spiro atoms. The topological polar surface area (TPSA) is 66.6 Å². The summed E-state index contributed by atoms with van der Waals surface area (Å²) in [5, 5.41) is 13.2. The summed E-state index contributed by atoms with van der Waals surface area (Å²) in [6.45, 7) is -0.397. The second kappa shape index (κ2) is 5.83. The van der Waals surface area contributed by atoms with Gasteiger partial charge in [0.1, 0.15) is 19.3 Å². The van der Waals surface area contributed by atoms with E-state index in [4.69, 9.17) is 11.6 Å². The van der Waals surface area contributed by atoms with Crippen LogP contribution in [0.5, 0.6) is 0 Å². The van der Waals surface area contributed by atoms with Crippen LogP contribution in [0.15, 0.2) is 47.4 Å². The van der Waals surface area contributed by atoms with Crippen LogP contribution < -0.4 is 16.3 Å². The average Bonchev–Trinajstić information content (AvgIpc) is 2.49. The fourth-order valence-electron chi connectivity index (χ4n) is 2.23. The van der Waals surface area contributed by atoms with Crippen molar-refractivity contribution in [1.82, 2.24) is 9.38 Å². The van der Waals surface area contributed by atoms with Crippen LogP contribution in [0.3, 0.4) is 0 Å². The Morgan fingerprint density at radius 2 is 2.14 bits per heavy atom. The first-order chi connectivity index (χ1) is 10.6. The van der Waals surface area contributed by atoms with Crippen LogP contribution in [0, 0.1) is 0 Å². The molecule has 5 nitrogen and oxygen atoms in total. The molecule has 110 valence electrons. The fourth-order valence-corrected chi connectivity index (χ4v) is 2.42. The van der Waals surface area contributed by atoms with E-state index in [0.717, 1.165) is 5.46 Å². The number of nitrogens with zero attached hydrogens (tertiary/aromatic N) is 2. The first-order valence-corrected chi connectivity index (χ1v) is 7.11. The van der Waals surface area contributed by atoms with E-state index < -0.39 is 6.61 Å². The van der Waals surface area contributed by atoms with Crippen molar-refractivity contribution in [3.05, 3.63) is 63.5 Å². The lowest BCUT2D eigenvalue weighted by atomic mass is 9.99. The van der Waals surface area contributed by atoms with E-state index in [1.165, 1.54) is 4.40 Å². The molecule has 3 aromatic rings. The molecule has 0 saturated carbocycles. The van der Waals surface area contributed by atoms with Gasteiger partial charge in [-0.25, -0.2) is 4.98 Å². The highest BCUT2D eigenvalue weighted by Gasteiger charge is 2.12. The van der Waals surface area contributed by atoms with Gasteiger partial charge in [0.2, 0.25) is 0 Å². The monoisotopic (exact) mass is 313 g/mol. The van der Waals surface area contributed by atoms with Crippen molar-refractivity contribution in [1.29, 1.82) is 0 Å². The number of aliphatic hydroxyl groups is 1. The number of nitrogens with one attached hydrogen (secondary N) is 1. The van der Waals surface area contributed by atoms with Crippen LogP contribution in [0.1, 0.15) is 5.56 Å². The summed E-state index contributed by atoms with van der Waals surface area (Å²) in [7, 11) is 1.89. The van der Waals surface area contributed by atoms with Gasteiger partial charge in [-0.3, -0.25) is 9.20 Å². The maximum atomic E-state index is 12.5. The molecular weight excluding hydrogens is 300 g/mol. The van der Waals surface area contributed by atoms with Crippen molar-refractivity contribution >= 4 is 42.1 Å². The van der Waals surface area contributed by atoms with Gasteiger partial charge in [-0.1, -0.05) is 29.2 Å². The zero-order valence-electron chi connectivity index (χ0n) is 11.9. The molecule has 0 aliphatic rings. The van der Waals surface area contributed by atoms with Gasteiger partial charge in [0.05, 0.1) is 12.2 Å². The highest BCUT2D eigenvalue weighted by molar-refractivity contribution is 6.32. The fraction of sp³-hybridized carbons (Fsp3) is 0.0667. The van der Waals surface area contributed by atoms with Crippen LogP contribution in [0.2, 0.25) is 5.02 Å². The molecule has 0 fully saturated rings. The molecule has 2 aromatic heterocycles. The third-order valence-corrected chi connectivity index (χ3v) is 3.54. The molecular formula is C15H13BClN3O2. The van der Waals surface area contributed by atoms with E-state index in [1.54, 1.807) is 30.5 Å². The molecule has 0 unspecified atom stereocenters. The standard InChI is InChI=1S/C15H13BClN3O2/c16-9-4-5-13-19-14(12(8-21)15(22)20(13)7-9)18-11-3-1-2-10(17)6-11/h1-7,18,21H,8,16H2. The summed E-state index contributed by atoms with van der Waals surface area (Å²) in [4.78, 5) is 16.9. The van der Waals surface area contributed by atoms with Gasteiger partial charge in [-0.05, 0) is 24.3 Å². The lowest BCUT2D eigenvalue weighted by molar-refractivity contribution is 0.280. The summed E-state index contributed by atoms with van der Waals surface area (Å²) >= 11 is 5.95. The molecule has 2 heterocycles. The Balaban J connectivity index is 2.16. The average molecular weight is 314 g/mol. The number of anilines is 2.